The highest BCUT2D eigenvalue weighted by atomic mass is 19.1. The van der Waals surface area contributed by atoms with Crippen molar-refractivity contribution in [2.45, 2.75) is 32.1 Å². The van der Waals surface area contributed by atoms with Gasteiger partial charge in [0, 0.05) is 24.0 Å². The van der Waals surface area contributed by atoms with E-state index in [9.17, 15) is 19.1 Å². The van der Waals surface area contributed by atoms with Crippen molar-refractivity contribution < 1.29 is 23.8 Å². The van der Waals surface area contributed by atoms with Gasteiger partial charge in [-0.3, -0.25) is 9.59 Å². The van der Waals surface area contributed by atoms with E-state index in [4.69, 9.17) is 4.74 Å². The summed E-state index contributed by atoms with van der Waals surface area (Å²) in [6.45, 7) is 2.59. The van der Waals surface area contributed by atoms with Crippen LogP contribution in [0.2, 0.25) is 0 Å². The molecule has 6 heteroatoms. The Morgan fingerprint density at radius 1 is 1.10 bits per heavy atom. The molecule has 0 atom stereocenters. The molecule has 1 saturated heterocycles. The average Bonchev–Trinajstić information content (AvgIpc) is 2.77. The standard InChI is InChI=1S/C24H28FNO4/c1-30-20-9-10-21(23(28)16-20)22(27)4-2-3-13-26-14-11-18(12-15-26)24(29)17-5-7-19(25)8-6-17/h5-10,16,18,28H,2-4,11-15H2,1H3. The van der Waals surface area contributed by atoms with E-state index < -0.39 is 0 Å². The second-order valence-electron chi connectivity index (χ2n) is 7.75. The van der Waals surface area contributed by atoms with Gasteiger partial charge in [-0.15, -0.1) is 0 Å². The number of hydrogen-bond donors (Lipinski definition) is 1. The molecule has 2 aromatic rings. The van der Waals surface area contributed by atoms with Crippen molar-refractivity contribution in [1.29, 1.82) is 0 Å². The molecule has 0 bridgehead atoms. The van der Waals surface area contributed by atoms with Gasteiger partial charge in [0.05, 0.1) is 12.7 Å². The Kier molecular flexibility index (Phi) is 7.57. The zero-order valence-electron chi connectivity index (χ0n) is 17.3. The smallest absolute Gasteiger partial charge is 0.166 e. The Morgan fingerprint density at radius 2 is 1.80 bits per heavy atom. The summed E-state index contributed by atoms with van der Waals surface area (Å²) in [6.07, 6.45) is 3.63. The van der Waals surface area contributed by atoms with Gasteiger partial charge in [0.2, 0.25) is 0 Å². The third-order valence-electron chi connectivity index (χ3n) is 5.72. The number of aromatic hydroxyl groups is 1. The molecular weight excluding hydrogens is 385 g/mol. The predicted molar refractivity (Wildman–Crippen MR) is 113 cm³/mol. The number of halogens is 1. The van der Waals surface area contributed by atoms with Gasteiger partial charge in [-0.25, -0.2) is 4.39 Å². The Balaban J connectivity index is 1.37. The van der Waals surface area contributed by atoms with Gasteiger partial charge < -0.3 is 14.7 Å². The Labute approximate surface area is 176 Å². The summed E-state index contributed by atoms with van der Waals surface area (Å²) in [7, 11) is 1.51. The average molecular weight is 413 g/mol. The number of rotatable bonds is 9. The van der Waals surface area contributed by atoms with Gasteiger partial charge in [-0.2, -0.15) is 0 Å². The van der Waals surface area contributed by atoms with E-state index in [1.165, 1.54) is 25.3 Å². The number of Topliss-reactive ketones (excluding diaryl/α,β-unsaturated/α-hetero) is 2. The second-order valence-corrected chi connectivity index (χ2v) is 7.75. The molecule has 0 radical (unpaired) electrons. The van der Waals surface area contributed by atoms with Gasteiger partial charge in [0.25, 0.3) is 0 Å². The molecule has 30 heavy (non-hydrogen) atoms. The number of piperidine rings is 1. The summed E-state index contributed by atoms with van der Waals surface area (Å²) in [4.78, 5) is 27.2. The number of benzene rings is 2. The van der Waals surface area contributed by atoms with E-state index in [1.807, 2.05) is 0 Å². The molecule has 1 heterocycles. The van der Waals surface area contributed by atoms with Crippen LogP contribution in [0.25, 0.3) is 0 Å². The molecular formula is C24H28FNO4. The van der Waals surface area contributed by atoms with Crippen molar-refractivity contribution in [2.75, 3.05) is 26.7 Å². The van der Waals surface area contributed by atoms with E-state index in [2.05, 4.69) is 4.90 Å². The minimum absolute atomic E-state index is 0.00802. The van der Waals surface area contributed by atoms with Crippen LogP contribution in [-0.4, -0.2) is 48.3 Å². The number of ketones is 2. The van der Waals surface area contributed by atoms with Crippen molar-refractivity contribution in [1.82, 2.24) is 4.90 Å². The van der Waals surface area contributed by atoms with Crippen molar-refractivity contribution in [3.05, 3.63) is 59.4 Å². The molecule has 1 N–H and O–H groups in total. The second kappa shape index (κ2) is 10.3. The number of carbonyl (C=O) groups is 2. The number of carbonyl (C=O) groups excluding carboxylic acids is 2. The maximum Gasteiger partial charge on any atom is 0.166 e. The zero-order chi connectivity index (χ0) is 21.5. The van der Waals surface area contributed by atoms with E-state index in [0.717, 1.165) is 45.3 Å². The van der Waals surface area contributed by atoms with Gasteiger partial charge in [-0.1, -0.05) is 0 Å². The van der Waals surface area contributed by atoms with Crippen LogP contribution in [0.15, 0.2) is 42.5 Å². The quantitative estimate of drug-likeness (QED) is 0.485. The van der Waals surface area contributed by atoms with Crippen LogP contribution in [0.5, 0.6) is 11.5 Å². The first-order valence-electron chi connectivity index (χ1n) is 10.4. The molecule has 1 fully saturated rings. The van der Waals surface area contributed by atoms with Gasteiger partial charge in [0.1, 0.15) is 17.3 Å². The summed E-state index contributed by atoms with van der Waals surface area (Å²) in [5.74, 6) is 0.157. The van der Waals surface area contributed by atoms with E-state index in [-0.39, 0.29) is 29.1 Å². The molecule has 3 rings (SSSR count). The minimum Gasteiger partial charge on any atom is -0.507 e. The molecule has 0 amide bonds. The normalized spacial score (nSPS) is 15.1. The van der Waals surface area contributed by atoms with Crippen molar-refractivity contribution >= 4 is 11.6 Å². The number of nitrogens with zero attached hydrogens (tertiary/aromatic N) is 1. The molecule has 0 aliphatic carbocycles. The van der Waals surface area contributed by atoms with E-state index >= 15 is 0 Å². The molecule has 1 aliphatic rings. The highest BCUT2D eigenvalue weighted by Crippen LogP contribution is 2.25. The third-order valence-corrected chi connectivity index (χ3v) is 5.72. The van der Waals surface area contributed by atoms with Crippen LogP contribution in [0.3, 0.4) is 0 Å². The van der Waals surface area contributed by atoms with Crippen LogP contribution in [0.4, 0.5) is 4.39 Å². The Morgan fingerprint density at radius 3 is 2.43 bits per heavy atom. The molecule has 160 valence electrons. The topological polar surface area (TPSA) is 66.8 Å². The molecule has 2 aromatic carbocycles. The maximum absolute atomic E-state index is 13.0. The highest BCUT2D eigenvalue weighted by Gasteiger charge is 2.25. The monoisotopic (exact) mass is 413 g/mol. The highest BCUT2D eigenvalue weighted by molar-refractivity contribution is 5.99. The molecule has 0 unspecified atom stereocenters. The number of unbranched alkanes of at least 4 members (excludes halogenated alkanes) is 1. The summed E-state index contributed by atoms with van der Waals surface area (Å²) in [5.41, 5.74) is 0.908. The fourth-order valence-electron chi connectivity index (χ4n) is 3.90. The van der Waals surface area contributed by atoms with Crippen molar-refractivity contribution in [3.63, 3.8) is 0 Å². The fraction of sp³-hybridized carbons (Fsp3) is 0.417. The summed E-state index contributed by atoms with van der Waals surface area (Å²) >= 11 is 0. The van der Waals surface area contributed by atoms with Crippen LogP contribution in [-0.2, 0) is 0 Å². The van der Waals surface area contributed by atoms with Crippen molar-refractivity contribution in [2.24, 2.45) is 5.92 Å². The summed E-state index contributed by atoms with van der Waals surface area (Å²) in [6, 6.07) is 10.5. The zero-order valence-corrected chi connectivity index (χ0v) is 17.3. The first-order chi connectivity index (χ1) is 14.5. The fourth-order valence-corrected chi connectivity index (χ4v) is 3.90. The number of phenolic OH excluding ortho intramolecular Hbond substituents is 1. The Hall–Kier alpha value is -2.73. The minimum atomic E-state index is -0.331. The lowest BCUT2D eigenvalue weighted by Crippen LogP contribution is -2.37. The number of methoxy groups -OCH3 is 1. The third kappa shape index (κ3) is 5.66. The molecule has 0 spiro atoms. The molecule has 1 aliphatic heterocycles. The summed E-state index contributed by atoms with van der Waals surface area (Å²) in [5, 5.41) is 9.96. The van der Waals surface area contributed by atoms with Crippen LogP contribution in [0, 0.1) is 11.7 Å². The number of phenols is 1. The molecule has 0 aromatic heterocycles. The SMILES string of the molecule is COc1ccc(C(=O)CCCCN2CCC(C(=O)c3ccc(F)cc3)CC2)c(O)c1. The lowest BCUT2D eigenvalue weighted by atomic mass is 9.89. The van der Waals surface area contributed by atoms with Crippen molar-refractivity contribution in [3.8, 4) is 11.5 Å². The van der Waals surface area contributed by atoms with Gasteiger partial charge in [0.15, 0.2) is 11.6 Å². The maximum atomic E-state index is 13.0. The van der Waals surface area contributed by atoms with E-state index in [0.29, 0.717) is 23.3 Å². The number of ether oxygens (including phenoxy) is 1. The first kappa shape index (κ1) is 22.0. The summed E-state index contributed by atoms with van der Waals surface area (Å²) < 4.78 is 18.1. The van der Waals surface area contributed by atoms with E-state index in [1.54, 1.807) is 24.3 Å². The van der Waals surface area contributed by atoms with Crippen LogP contribution in [0.1, 0.15) is 52.8 Å². The van der Waals surface area contributed by atoms with Crippen LogP contribution >= 0.6 is 0 Å². The number of likely N-dealkylation sites (tertiary alicyclic amines) is 1. The van der Waals surface area contributed by atoms with Crippen LogP contribution < -0.4 is 4.74 Å². The number of hydrogen-bond acceptors (Lipinski definition) is 5. The Bertz CT molecular complexity index is 873. The molecule has 0 saturated carbocycles. The largest absolute Gasteiger partial charge is 0.507 e. The lowest BCUT2D eigenvalue weighted by molar-refractivity contribution is 0.0836. The van der Waals surface area contributed by atoms with Gasteiger partial charge in [-0.05, 0) is 81.7 Å². The predicted octanol–water partition coefficient (Wildman–Crippen LogP) is 4.49. The first-order valence-corrected chi connectivity index (χ1v) is 10.4. The lowest BCUT2D eigenvalue weighted by Gasteiger charge is -2.31. The van der Waals surface area contributed by atoms with Gasteiger partial charge >= 0.3 is 0 Å². The molecule has 5 nitrogen and oxygen atoms in total.